The van der Waals surface area contributed by atoms with Gasteiger partial charge in [-0.1, -0.05) is 38.5 Å². The van der Waals surface area contributed by atoms with Crippen molar-refractivity contribution >= 4 is 26.8 Å². The van der Waals surface area contributed by atoms with Crippen LogP contribution in [0.25, 0.3) is 0 Å². The van der Waals surface area contributed by atoms with E-state index in [1.54, 1.807) is 11.8 Å². The van der Waals surface area contributed by atoms with Crippen molar-refractivity contribution in [2.24, 2.45) is 10.9 Å². The zero-order valence-electron chi connectivity index (χ0n) is 11.1. The zero-order chi connectivity index (χ0) is 13.2. The van der Waals surface area contributed by atoms with Gasteiger partial charge in [0.1, 0.15) is 0 Å². The number of thioether (sulfide) groups is 1. The Bertz CT molecular complexity index is 416. The van der Waals surface area contributed by atoms with Gasteiger partial charge in [0.25, 0.3) is 0 Å². The summed E-state index contributed by atoms with van der Waals surface area (Å²) in [6, 6.07) is 0.0710. The van der Waals surface area contributed by atoms with E-state index in [-0.39, 0.29) is 11.8 Å². The maximum Gasteiger partial charge on any atom is 0.157 e. The van der Waals surface area contributed by atoms with Crippen LogP contribution in [0, 0.1) is 5.92 Å². The van der Waals surface area contributed by atoms with Crippen LogP contribution in [0.2, 0.25) is 0 Å². The smallest absolute Gasteiger partial charge is 0.157 e. The molecular weight excluding hydrogens is 268 g/mol. The summed E-state index contributed by atoms with van der Waals surface area (Å²) in [4.78, 5) is 4.52. The molecule has 1 fully saturated rings. The average molecular weight is 290 g/mol. The highest BCUT2D eigenvalue weighted by Gasteiger charge is 2.31. The van der Waals surface area contributed by atoms with Gasteiger partial charge in [-0.15, -0.1) is 0 Å². The number of hydrogen-bond donors (Lipinski definition) is 1. The highest BCUT2D eigenvalue weighted by molar-refractivity contribution is 8.14. The molecule has 104 valence electrons. The summed E-state index contributed by atoms with van der Waals surface area (Å²) in [5.41, 5.74) is 0. The van der Waals surface area contributed by atoms with Crippen LogP contribution in [-0.2, 0) is 9.84 Å². The Kier molecular flexibility index (Phi) is 4.59. The molecule has 0 aromatic heterocycles. The van der Waals surface area contributed by atoms with Gasteiger partial charge in [-0.05, 0) is 12.3 Å². The van der Waals surface area contributed by atoms with Crippen molar-refractivity contribution in [2.75, 3.05) is 18.1 Å². The molecule has 2 aliphatic rings. The second-order valence-electron chi connectivity index (χ2n) is 5.12. The lowest BCUT2D eigenvalue weighted by Gasteiger charge is -2.19. The maximum absolute atomic E-state index is 11.4. The van der Waals surface area contributed by atoms with Crippen molar-refractivity contribution in [1.82, 2.24) is 5.32 Å². The Morgan fingerprint density at radius 3 is 2.72 bits per heavy atom. The van der Waals surface area contributed by atoms with Crippen LogP contribution in [0.5, 0.6) is 0 Å². The molecule has 0 spiro atoms. The maximum atomic E-state index is 11.4. The fourth-order valence-electron chi connectivity index (χ4n) is 2.61. The summed E-state index contributed by atoms with van der Waals surface area (Å²) < 4.78 is 22.8. The lowest BCUT2D eigenvalue weighted by Crippen LogP contribution is -2.33. The molecule has 1 saturated heterocycles. The molecule has 0 aromatic rings. The Labute approximate surface area is 114 Å². The minimum absolute atomic E-state index is 0.0710. The van der Waals surface area contributed by atoms with Crippen LogP contribution in [0.3, 0.4) is 0 Å². The Balaban J connectivity index is 1.83. The summed E-state index contributed by atoms with van der Waals surface area (Å²) in [5.74, 6) is 1.30. The Hall–Kier alpha value is -0.230. The second-order valence-corrected chi connectivity index (χ2v) is 8.58. The fourth-order valence-corrected chi connectivity index (χ4v) is 5.68. The van der Waals surface area contributed by atoms with Crippen LogP contribution in [0.1, 0.15) is 33.1 Å². The third-order valence-corrected chi connectivity index (χ3v) is 6.89. The van der Waals surface area contributed by atoms with Gasteiger partial charge in [0.2, 0.25) is 0 Å². The molecule has 2 aliphatic heterocycles. The molecular formula is C12H22N2O2S2. The normalized spacial score (nSPS) is 30.7. The predicted molar refractivity (Wildman–Crippen MR) is 77.9 cm³/mol. The molecule has 2 unspecified atom stereocenters. The van der Waals surface area contributed by atoms with Gasteiger partial charge in [-0.25, -0.2) is 8.42 Å². The molecule has 4 nitrogen and oxygen atoms in total. The first kappa shape index (κ1) is 14.2. The number of nitrogens with one attached hydrogen (secondary N) is 1. The molecule has 0 aromatic carbocycles. The van der Waals surface area contributed by atoms with Gasteiger partial charge in [0, 0.05) is 11.3 Å². The van der Waals surface area contributed by atoms with Gasteiger partial charge >= 0.3 is 0 Å². The third kappa shape index (κ3) is 3.41. The number of aliphatic imine (C=N–C) groups is 1. The van der Waals surface area contributed by atoms with E-state index < -0.39 is 9.84 Å². The standard InChI is InChI=1S/C12H22N2O2S2/c1-3-9(4-2)11-7-13-12(17-11)14-10-5-6-18(15,16)8-10/h9-11H,3-8H2,1-2H3,(H,13,14). The van der Waals surface area contributed by atoms with E-state index in [0.29, 0.717) is 16.9 Å². The summed E-state index contributed by atoms with van der Waals surface area (Å²) in [6.07, 6.45) is 3.10. The lowest BCUT2D eigenvalue weighted by molar-refractivity contribution is 0.479. The van der Waals surface area contributed by atoms with E-state index >= 15 is 0 Å². The van der Waals surface area contributed by atoms with Gasteiger partial charge in [0.05, 0.1) is 18.1 Å². The first-order chi connectivity index (χ1) is 8.54. The van der Waals surface area contributed by atoms with Gasteiger partial charge in [-0.2, -0.15) is 0 Å². The molecule has 0 amide bonds. The molecule has 0 saturated carbocycles. The fraction of sp³-hybridized carbons (Fsp3) is 0.917. The van der Waals surface area contributed by atoms with Crippen LogP contribution in [-0.4, -0.2) is 42.9 Å². The van der Waals surface area contributed by atoms with Crippen molar-refractivity contribution in [3.05, 3.63) is 0 Å². The number of sulfone groups is 1. The molecule has 1 N–H and O–H groups in total. The highest BCUT2D eigenvalue weighted by Crippen LogP contribution is 2.30. The van der Waals surface area contributed by atoms with Crippen molar-refractivity contribution < 1.29 is 8.42 Å². The summed E-state index contributed by atoms with van der Waals surface area (Å²) in [6.45, 7) is 5.33. The van der Waals surface area contributed by atoms with E-state index in [4.69, 9.17) is 0 Å². The van der Waals surface area contributed by atoms with Crippen molar-refractivity contribution in [1.29, 1.82) is 0 Å². The van der Waals surface area contributed by atoms with Gasteiger partial charge in [-0.3, -0.25) is 4.99 Å². The summed E-state index contributed by atoms with van der Waals surface area (Å²) in [5, 5.41) is 4.82. The molecule has 0 bridgehead atoms. The predicted octanol–water partition coefficient (Wildman–Crippen LogP) is 1.67. The number of amidine groups is 1. The van der Waals surface area contributed by atoms with Crippen LogP contribution < -0.4 is 5.32 Å². The van der Waals surface area contributed by atoms with Gasteiger partial charge < -0.3 is 5.32 Å². The van der Waals surface area contributed by atoms with Crippen molar-refractivity contribution in [3.8, 4) is 0 Å². The minimum atomic E-state index is -2.80. The van der Waals surface area contributed by atoms with Crippen LogP contribution >= 0.6 is 11.8 Å². The Morgan fingerprint density at radius 2 is 2.17 bits per heavy atom. The molecule has 0 radical (unpaired) electrons. The van der Waals surface area contributed by atoms with Crippen LogP contribution in [0.15, 0.2) is 4.99 Å². The molecule has 2 atom stereocenters. The lowest BCUT2D eigenvalue weighted by atomic mass is 9.99. The summed E-state index contributed by atoms with van der Waals surface area (Å²) in [7, 11) is -2.80. The third-order valence-electron chi connectivity index (χ3n) is 3.81. The van der Waals surface area contributed by atoms with Gasteiger partial charge in [0.15, 0.2) is 15.0 Å². The minimum Gasteiger partial charge on any atom is -0.361 e. The molecule has 2 heterocycles. The second kappa shape index (κ2) is 5.82. The largest absolute Gasteiger partial charge is 0.361 e. The van der Waals surface area contributed by atoms with Crippen molar-refractivity contribution in [2.45, 2.75) is 44.4 Å². The molecule has 6 heteroatoms. The quantitative estimate of drug-likeness (QED) is 0.855. The van der Waals surface area contributed by atoms with E-state index in [1.165, 1.54) is 12.8 Å². The molecule has 18 heavy (non-hydrogen) atoms. The summed E-state index contributed by atoms with van der Waals surface area (Å²) >= 11 is 1.80. The monoisotopic (exact) mass is 290 g/mol. The number of hydrogen-bond acceptors (Lipinski definition) is 5. The first-order valence-electron chi connectivity index (χ1n) is 6.72. The first-order valence-corrected chi connectivity index (χ1v) is 9.42. The zero-order valence-corrected chi connectivity index (χ0v) is 12.7. The van der Waals surface area contributed by atoms with E-state index in [2.05, 4.69) is 24.2 Å². The van der Waals surface area contributed by atoms with E-state index in [9.17, 15) is 8.42 Å². The van der Waals surface area contributed by atoms with E-state index in [1.807, 2.05) is 0 Å². The Morgan fingerprint density at radius 1 is 1.44 bits per heavy atom. The van der Waals surface area contributed by atoms with E-state index in [0.717, 1.165) is 18.1 Å². The molecule has 0 aliphatic carbocycles. The SMILES string of the molecule is CCC(CC)C1CN=C(NC2CCS(=O)(=O)C2)S1. The number of rotatable bonds is 4. The highest BCUT2D eigenvalue weighted by atomic mass is 32.2. The van der Waals surface area contributed by atoms with Crippen molar-refractivity contribution in [3.63, 3.8) is 0 Å². The number of nitrogens with zero attached hydrogens (tertiary/aromatic N) is 1. The average Bonchev–Trinajstić information content (AvgIpc) is 2.88. The topological polar surface area (TPSA) is 58.5 Å². The van der Waals surface area contributed by atoms with Crippen LogP contribution in [0.4, 0.5) is 0 Å². The molecule has 2 rings (SSSR count).